The van der Waals surface area contributed by atoms with Gasteiger partial charge in [0.2, 0.25) is 11.2 Å². The minimum absolute atomic E-state index is 0.0204. The Morgan fingerprint density at radius 2 is 1.79 bits per heavy atom. The lowest BCUT2D eigenvalue weighted by Gasteiger charge is -2.13. The summed E-state index contributed by atoms with van der Waals surface area (Å²) >= 11 is 0. The van der Waals surface area contributed by atoms with E-state index in [0.717, 1.165) is 24.3 Å². The number of phenols is 2. The molecule has 0 bridgehead atoms. The van der Waals surface area contributed by atoms with E-state index in [1.807, 2.05) is 0 Å². The fourth-order valence-electron chi connectivity index (χ4n) is 2.60. The molecule has 1 aromatic heterocycles. The van der Waals surface area contributed by atoms with Gasteiger partial charge in [-0.1, -0.05) is 0 Å². The molecule has 0 saturated carbocycles. The molecule has 0 radical (unpaired) electrons. The Morgan fingerprint density at radius 1 is 1.00 bits per heavy atom. The number of aliphatic hydroxyl groups is 1. The summed E-state index contributed by atoms with van der Waals surface area (Å²) < 4.78 is 43.0. The summed E-state index contributed by atoms with van der Waals surface area (Å²) in [5.74, 6) is -3.66. The molecule has 0 aliphatic rings. The highest BCUT2D eigenvalue weighted by Crippen LogP contribution is 2.36. The SMILES string of the molecule is O=c1c(OCCOCCO)c(-c2ccc(F)c(F)c2)oc2cc(O)cc(O)c12. The van der Waals surface area contributed by atoms with E-state index < -0.39 is 22.8 Å². The van der Waals surface area contributed by atoms with Gasteiger partial charge in [-0.25, -0.2) is 8.78 Å². The zero-order chi connectivity index (χ0) is 20.3. The number of hydrogen-bond donors (Lipinski definition) is 3. The summed E-state index contributed by atoms with van der Waals surface area (Å²) in [6.45, 7) is -0.177. The van der Waals surface area contributed by atoms with Gasteiger partial charge < -0.3 is 29.2 Å². The predicted octanol–water partition coefficient (Wildman–Crippen LogP) is 2.54. The Hall–Kier alpha value is -3.17. The van der Waals surface area contributed by atoms with E-state index in [2.05, 4.69) is 0 Å². The topological polar surface area (TPSA) is 109 Å². The highest BCUT2D eigenvalue weighted by molar-refractivity contribution is 5.88. The summed E-state index contributed by atoms with van der Waals surface area (Å²) in [6.07, 6.45) is 0. The van der Waals surface area contributed by atoms with Gasteiger partial charge in [-0.15, -0.1) is 0 Å². The molecule has 0 fully saturated rings. The van der Waals surface area contributed by atoms with E-state index in [4.69, 9.17) is 19.0 Å². The van der Waals surface area contributed by atoms with Crippen LogP contribution in [0.2, 0.25) is 0 Å². The molecule has 0 saturated heterocycles. The average Bonchev–Trinajstić information content (AvgIpc) is 2.64. The van der Waals surface area contributed by atoms with E-state index in [1.165, 1.54) is 6.07 Å². The number of halogens is 2. The first-order valence-corrected chi connectivity index (χ1v) is 8.22. The second kappa shape index (κ2) is 8.24. The molecule has 3 aromatic rings. The molecule has 0 aliphatic heterocycles. The van der Waals surface area contributed by atoms with Crippen LogP contribution in [0.5, 0.6) is 17.2 Å². The first kappa shape index (κ1) is 19.6. The molecule has 148 valence electrons. The van der Waals surface area contributed by atoms with Crippen LogP contribution < -0.4 is 10.2 Å². The highest BCUT2D eigenvalue weighted by atomic mass is 19.2. The third-order valence-electron chi connectivity index (χ3n) is 3.81. The van der Waals surface area contributed by atoms with E-state index >= 15 is 0 Å². The van der Waals surface area contributed by atoms with Gasteiger partial charge in [0, 0.05) is 17.7 Å². The maximum absolute atomic E-state index is 13.7. The van der Waals surface area contributed by atoms with Gasteiger partial charge in [0.15, 0.2) is 17.4 Å². The smallest absolute Gasteiger partial charge is 0.239 e. The van der Waals surface area contributed by atoms with Crippen molar-refractivity contribution in [2.24, 2.45) is 0 Å². The molecule has 7 nitrogen and oxygen atoms in total. The number of phenolic OH excluding ortho intramolecular Hbond substituents is 2. The number of fused-ring (bicyclic) bond motifs is 1. The highest BCUT2D eigenvalue weighted by Gasteiger charge is 2.21. The van der Waals surface area contributed by atoms with Gasteiger partial charge in [0.25, 0.3) is 0 Å². The van der Waals surface area contributed by atoms with Crippen molar-refractivity contribution in [3.05, 3.63) is 52.2 Å². The van der Waals surface area contributed by atoms with Gasteiger partial charge >= 0.3 is 0 Å². The number of ether oxygens (including phenoxy) is 2. The quantitative estimate of drug-likeness (QED) is 0.528. The summed E-state index contributed by atoms with van der Waals surface area (Å²) in [5, 5.41) is 28.1. The largest absolute Gasteiger partial charge is 0.508 e. The van der Waals surface area contributed by atoms with Crippen LogP contribution in [0.1, 0.15) is 0 Å². The molecule has 0 spiro atoms. The molecule has 0 aliphatic carbocycles. The lowest BCUT2D eigenvalue weighted by molar-refractivity contribution is 0.0701. The average molecular weight is 394 g/mol. The normalized spacial score (nSPS) is 11.1. The zero-order valence-corrected chi connectivity index (χ0v) is 14.4. The van der Waals surface area contributed by atoms with Crippen LogP contribution in [0.25, 0.3) is 22.3 Å². The maximum Gasteiger partial charge on any atom is 0.239 e. The van der Waals surface area contributed by atoms with Gasteiger partial charge in [-0.3, -0.25) is 4.79 Å². The van der Waals surface area contributed by atoms with Crippen molar-refractivity contribution in [1.82, 2.24) is 0 Å². The Bertz CT molecular complexity index is 1060. The molecule has 0 unspecified atom stereocenters. The second-order valence-electron chi connectivity index (χ2n) is 5.74. The number of aliphatic hydroxyl groups excluding tert-OH is 1. The van der Waals surface area contributed by atoms with Crippen molar-refractivity contribution in [3.63, 3.8) is 0 Å². The van der Waals surface area contributed by atoms with Gasteiger partial charge in [-0.05, 0) is 18.2 Å². The molecule has 28 heavy (non-hydrogen) atoms. The standard InChI is InChI=1S/C19H16F2O7/c20-12-2-1-10(7-13(12)21)18-19(27-6-5-26-4-3-22)17(25)16-14(24)8-11(23)9-15(16)28-18/h1-2,7-9,22-24H,3-6H2. The number of hydrogen-bond acceptors (Lipinski definition) is 7. The minimum atomic E-state index is -1.16. The summed E-state index contributed by atoms with van der Waals surface area (Å²) in [6, 6.07) is 4.96. The van der Waals surface area contributed by atoms with Crippen molar-refractivity contribution in [2.75, 3.05) is 26.4 Å². The van der Waals surface area contributed by atoms with Crippen LogP contribution in [-0.2, 0) is 4.74 Å². The van der Waals surface area contributed by atoms with Crippen molar-refractivity contribution in [2.45, 2.75) is 0 Å². The molecule has 9 heteroatoms. The van der Waals surface area contributed by atoms with Crippen LogP contribution in [0.4, 0.5) is 8.78 Å². The van der Waals surface area contributed by atoms with Crippen molar-refractivity contribution in [3.8, 4) is 28.6 Å². The Labute approximate surface area is 157 Å². The Balaban J connectivity index is 2.14. The third kappa shape index (κ3) is 3.90. The minimum Gasteiger partial charge on any atom is -0.508 e. The molecule has 3 rings (SSSR count). The second-order valence-corrected chi connectivity index (χ2v) is 5.74. The van der Waals surface area contributed by atoms with Gasteiger partial charge in [-0.2, -0.15) is 0 Å². The van der Waals surface area contributed by atoms with Gasteiger partial charge in [0.05, 0.1) is 19.8 Å². The fraction of sp³-hybridized carbons (Fsp3) is 0.211. The molecule has 0 amide bonds. The Morgan fingerprint density at radius 3 is 2.50 bits per heavy atom. The van der Waals surface area contributed by atoms with E-state index in [-0.39, 0.29) is 60.2 Å². The van der Waals surface area contributed by atoms with Crippen molar-refractivity contribution < 1.29 is 38.0 Å². The molecule has 1 heterocycles. The number of rotatable bonds is 7. The summed E-state index contributed by atoms with van der Waals surface area (Å²) in [7, 11) is 0. The van der Waals surface area contributed by atoms with Crippen LogP contribution in [-0.4, -0.2) is 41.7 Å². The first-order valence-electron chi connectivity index (χ1n) is 8.22. The third-order valence-corrected chi connectivity index (χ3v) is 3.81. The van der Waals surface area contributed by atoms with Crippen LogP contribution >= 0.6 is 0 Å². The number of benzene rings is 2. The zero-order valence-electron chi connectivity index (χ0n) is 14.4. The van der Waals surface area contributed by atoms with Crippen LogP contribution in [0, 0.1) is 11.6 Å². The summed E-state index contributed by atoms with van der Waals surface area (Å²) in [4.78, 5) is 12.9. The van der Waals surface area contributed by atoms with Crippen LogP contribution in [0.15, 0.2) is 39.5 Å². The maximum atomic E-state index is 13.7. The van der Waals surface area contributed by atoms with Crippen molar-refractivity contribution >= 4 is 11.0 Å². The number of aromatic hydroxyl groups is 2. The van der Waals surface area contributed by atoms with Crippen molar-refractivity contribution in [1.29, 1.82) is 0 Å². The van der Waals surface area contributed by atoms with E-state index in [0.29, 0.717) is 0 Å². The molecule has 0 atom stereocenters. The lowest BCUT2D eigenvalue weighted by atomic mass is 10.1. The molecule has 3 N–H and O–H groups in total. The van der Waals surface area contributed by atoms with E-state index in [9.17, 15) is 23.8 Å². The molecular weight excluding hydrogens is 378 g/mol. The Kier molecular flexibility index (Phi) is 5.76. The monoisotopic (exact) mass is 394 g/mol. The molecule has 2 aromatic carbocycles. The van der Waals surface area contributed by atoms with Gasteiger partial charge in [0.1, 0.15) is 29.1 Å². The van der Waals surface area contributed by atoms with E-state index in [1.54, 1.807) is 0 Å². The molecular formula is C19H16F2O7. The van der Waals surface area contributed by atoms with Crippen LogP contribution in [0.3, 0.4) is 0 Å². The predicted molar refractivity (Wildman–Crippen MR) is 94.6 cm³/mol. The first-order chi connectivity index (χ1) is 13.4. The lowest BCUT2D eigenvalue weighted by Crippen LogP contribution is -2.15. The fourth-order valence-corrected chi connectivity index (χ4v) is 2.60. The summed E-state index contributed by atoms with van der Waals surface area (Å²) in [5.41, 5.74) is -0.904.